The van der Waals surface area contributed by atoms with Crippen LogP contribution in [0.15, 0.2) is 12.7 Å². The van der Waals surface area contributed by atoms with E-state index >= 15 is 0 Å². The minimum absolute atomic E-state index is 0.156. The number of nitrogens with one attached hydrogen (secondary N) is 1. The predicted molar refractivity (Wildman–Crippen MR) is 55.1 cm³/mol. The summed E-state index contributed by atoms with van der Waals surface area (Å²) in [4.78, 5) is 20.5. The molecule has 1 rings (SSSR count). The number of rotatable bonds is 3. The van der Waals surface area contributed by atoms with Crippen LogP contribution >= 0.6 is 0 Å². The van der Waals surface area contributed by atoms with E-state index in [-0.39, 0.29) is 12.5 Å². The first kappa shape index (κ1) is 13.6. The second kappa shape index (κ2) is 7.99. The molecule has 0 saturated carbocycles. The average molecular weight is 215 g/mol. The van der Waals surface area contributed by atoms with Crippen LogP contribution in [0.1, 0.15) is 19.8 Å². The van der Waals surface area contributed by atoms with Gasteiger partial charge in [-0.3, -0.25) is 4.79 Å². The fraction of sp³-hybridized carbons (Fsp3) is 0.600. The highest BCUT2D eigenvalue weighted by Gasteiger charge is 2.07. The molecule has 2 N–H and O–H groups in total. The van der Waals surface area contributed by atoms with E-state index in [1.165, 1.54) is 13.0 Å². The fourth-order valence-corrected chi connectivity index (χ4v) is 0.827. The van der Waals surface area contributed by atoms with Crippen LogP contribution in [0.2, 0.25) is 0 Å². The summed E-state index contributed by atoms with van der Waals surface area (Å²) in [6.07, 6.45) is 2.17. The van der Waals surface area contributed by atoms with E-state index in [0.29, 0.717) is 0 Å². The summed E-state index contributed by atoms with van der Waals surface area (Å²) < 4.78 is 4.45. The minimum atomic E-state index is -1.04. The van der Waals surface area contributed by atoms with Gasteiger partial charge >= 0.3 is 5.97 Å². The summed E-state index contributed by atoms with van der Waals surface area (Å²) in [6, 6.07) is 0. The lowest BCUT2D eigenvalue weighted by Gasteiger charge is -2.01. The molecule has 0 spiro atoms. The lowest BCUT2D eigenvalue weighted by Crippen LogP contribution is -2.19. The number of amides is 1. The van der Waals surface area contributed by atoms with Gasteiger partial charge in [-0.2, -0.15) is 0 Å². The van der Waals surface area contributed by atoms with Crippen LogP contribution in [0.4, 0.5) is 0 Å². The zero-order valence-corrected chi connectivity index (χ0v) is 8.86. The predicted octanol–water partition coefficient (Wildman–Crippen LogP) is -0.00720. The van der Waals surface area contributed by atoms with Gasteiger partial charge in [-0.15, -0.1) is 0 Å². The molecule has 1 amide bonds. The van der Waals surface area contributed by atoms with Gasteiger partial charge in [0, 0.05) is 13.0 Å². The first-order chi connectivity index (χ1) is 7.07. The molecule has 5 heteroatoms. The van der Waals surface area contributed by atoms with Gasteiger partial charge < -0.3 is 15.2 Å². The number of carbonyl (C=O) groups excluding carboxylic acids is 2. The molecular weight excluding hydrogens is 198 g/mol. The van der Waals surface area contributed by atoms with Gasteiger partial charge in [0.05, 0.1) is 0 Å². The van der Waals surface area contributed by atoms with E-state index in [1.807, 2.05) is 0 Å². The SMILES string of the molecule is C=CCOC(=O)C(C)O.O=C1CCCN1. The first-order valence-corrected chi connectivity index (χ1v) is 4.80. The Hall–Kier alpha value is -1.36. The molecule has 0 aliphatic carbocycles. The highest BCUT2D eigenvalue weighted by Crippen LogP contribution is 1.93. The normalized spacial score (nSPS) is 15.7. The van der Waals surface area contributed by atoms with Gasteiger partial charge in [0.25, 0.3) is 0 Å². The second-order valence-electron chi connectivity index (χ2n) is 3.05. The maximum absolute atomic E-state index is 10.4. The van der Waals surface area contributed by atoms with Crippen molar-refractivity contribution in [2.24, 2.45) is 0 Å². The summed E-state index contributed by atoms with van der Waals surface area (Å²) >= 11 is 0. The lowest BCUT2D eigenvalue weighted by molar-refractivity contribution is -0.151. The summed E-state index contributed by atoms with van der Waals surface area (Å²) in [7, 11) is 0. The van der Waals surface area contributed by atoms with Gasteiger partial charge in [0.1, 0.15) is 12.7 Å². The van der Waals surface area contributed by atoms with Crippen molar-refractivity contribution < 1.29 is 19.4 Å². The molecule has 5 nitrogen and oxygen atoms in total. The maximum atomic E-state index is 10.4. The third-order valence-electron chi connectivity index (χ3n) is 1.59. The van der Waals surface area contributed by atoms with Crippen molar-refractivity contribution >= 4 is 11.9 Å². The number of carbonyl (C=O) groups is 2. The van der Waals surface area contributed by atoms with E-state index in [9.17, 15) is 9.59 Å². The second-order valence-corrected chi connectivity index (χ2v) is 3.05. The summed E-state index contributed by atoms with van der Waals surface area (Å²) in [5, 5.41) is 11.2. The lowest BCUT2D eigenvalue weighted by atomic mass is 10.4. The molecule has 1 unspecified atom stereocenters. The molecule has 1 fully saturated rings. The number of hydrogen-bond acceptors (Lipinski definition) is 4. The Morgan fingerprint density at radius 1 is 1.80 bits per heavy atom. The van der Waals surface area contributed by atoms with Gasteiger partial charge in [-0.05, 0) is 13.3 Å². The summed E-state index contributed by atoms with van der Waals surface area (Å²) in [5.41, 5.74) is 0. The highest BCUT2D eigenvalue weighted by atomic mass is 16.5. The third-order valence-corrected chi connectivity index (χ3v) is 1.59. The van der Waals surface area contributed by atoms with Crippen molar-refractivity contribution in [2.75, 3.05) is 13.2 Å². The Kier molecular flexibility index (Phi) is 7.27. The Labute approximate surface area is 89.1 Å². The highest BCUT2D eigenvalue weighted by molar-refractivity contribution is 5.77. The largest absolute Gasteiger partial charge is 0.460 e. The molecule has 0 aromatic heterocycles. The number of ether oxygens (including phenoxy) is 1. The number of hydrogen-bond donors (Lipinski definition) is 2. The van der Waals surface area contributed by atoms with Crippen molar-refractivity contribution in [1.29, 1.82) is 0 Å². The average Bonchev–Trinajstić information content (AvgIpc) is 2.66. The zero-order chi connectivity index (χ0) is 11.7. The first-order valence-electron chi connectivity index (χ1n) is 4.80. The third kappa shape index (κ3) is 7.69. The Morgan fingerprint density at radius 3 is 2.73 bits per heavy atom. The standard InChI is InChI=1S/C6H10O3.C4H7NO/c1-3-4-9-6(8)5(2)7;6-4-2-1-3-5-4/h3,5,7H,1,4H2,2H3;1-3H2,(H,5,6). The molecule has 0 aromatic rings. The van der Waals surface area contributed by atoms with Gasteiger partial charge in [-0.1, -0.05) is 12.7 Å². The van der Waals surface area contributed by atoms with Crippen molar-refractivity contribution in [3.8, 4) is 0 Å². The van der Waals surface area contributed by atoms with Gasteiger partial charge in [0.2, 0.25) is 5.91 Å². The Balaban J connectivity index is 0.000000280. The fourth-order valence-electron chi connectivity index (χ4n) is 0.827. The molecule has 1 atom stereocenters. The van der Waals surface area contributed by atoms with Crippen LogP contribution in [-0.2, 0) is 14.3 Å². The molecule has 15 heavy (non-hydrogen) atoms. The van der Waals surface area contributed by atoms with E-state index in [0.717, 1.165) is 19.4 Å². The Bertz CT molecular complexity index is 217. The zero-order valence-electron chi connectivity index (χ0n) is 8.86. The van der Waals surface area contributed by atoms with Crippen molar-refractivity contribution in [3.63, 3.8) is 0 Å². The van der Waals surface area contributed by atoms with Crippen molar-refractivity contribution in [1.82, 2.24) is 5.32 Å². The minimum Gasteiger partial charge on any atom is -0.460 e. The molecular formula is C10H17NO4. The number of esters is 1. The monoisotopic (exact) mass is 215 g/mol. The van der Waals surface area contributed by atoms with Crippen LogP contribution in [-0.4, -0.2) is 36.2 Å². The quantitative estimate of drug-likeness (QED) is 0.513. The molecule has 0 bridgehead atoms. The van der Waals surface area contributed by atoms with E-state index < -0.39 is 12.1 Å². The van der Waals surface area contributed by atoms with Crippen molar-refractivity contribution in [2.45, 2.75) is 25.9 Å². The molecule has 1 heterocycles. The van der Waals surface area contributed by atoms with Crippen LogP contribution in [0.3, 0.4) is 0 Å². The van der Waals surface area contributed by atoms with Crippen molar-refractivity contribution in [3.05, 3.63) is 12.7 Å². The van der Waals surface area contributed by atoms with Crippen LogP contribution in [0, 0.1) is 0 Å². The van der Waals surface area contributed by atoms with Crippen LogP contribution in [0.25, 0.3) is 0 Å². The van der Waals surface area contributed by atoms with E-state index in [4.69, 9.17) is 5.11 Å². The molecule has 0 radical (unpaired) electrons. The van der Waals surface area contributed by atoms with Crippen LogP contribution in [0.5, 0.6) is 0 Å². The Morgan fingerprint density at radius 2 is 2.47 bits per heavy atom. The smallest absolute Gasteiger partial charge is 0.334 e. The molecule has 1 aliphatic rings. The van der Waals surface area contributed by atoms with Crippen LogP contribution < -0.4 is 5.32 Å². The number of aliphatic hydroxyl groups is 1. The van der Waals surface area contributed by atoms with E-state index in [2.05, 4.69) is 16.6 Å². The maximum Gasteiger partial charge on any atom is 0.334 e. The summed E-state index contributed by atoms with van der Waals surface area (Å²) in [5.74, 6) is -0.412. The summed E-state index contributed by atoms with van der Waals surface area (Å²) in [6.45, 7) is 5.73. The molecule has 86 valence electrons. The van der Waals surface area contributed by atoms with Gasteiger partial charge in [0.15, 0.2) is 0 Å². The van der Waals surface area contributed by atoms with E-state index in [1.54, 1.807) is 0 Å². The van der Waals surface area contributed by atoms with Gasteiger partial charge in [-0.25, -0.2) is 4.79 Å². The molecule has 1 saturated heterocycles. The topological polar surface area (TPSA) is 75.6 Å². The molecule has 1 aliphatic heterocycles. The molecule has 0 aromatic carbocycles. The number of aliphatic hydroxyl groups excluding tert-OH is 1.